The SMILES string of the molecule is CCOCc1noc(-c2ccc(C#N)s2)n1. The molecule has 0 radical (unpaired) electrons. The Bertz CT molecular complexity index is 512. The molecule has 2 heterocycles. The van der Waals surface area contributed by atoms with Crippen LogP contribution in [0.1, 0.15) is 17.6 Å². The molecule has 0 aliphatic rings. The lowest BCUT2D eigenvalue weighted by Gasteiger charge is -1.91. The molecule has 82 valence electrons. The van der Waals surface area contributed by atoms with Gasteiger partial charge in [-0.1, -0.05) is 5.16 Å². The minimum absolute atomic E-state index is 0.344. The Balaban J connectivity index is 2.15. The Morgan fingerprint density at radius 2 is 2.44 bits per heavy atom. The zero-order valence-electron chi connectivity index (χ0n) is 8.64. The zero-order valence-corrected chi connectivity index (χ0v) is 9.45. The molecule has 6 heteroatoms. The molecule has 5 nitrogen and oxygen atoms in total. The summed E-state index contributed by atoms with van der Waals surface area (Å²) >= 11 is 1.32. The van der Waals surface area contributed by atoms with Gasteiger partial charge in [0.1, 0.15) is 17.6 Å². The summed E-state index contributed by atoms with van der Waals surface area (Å²) in [7, 11) is 0. The van der Waals surface area contributed by atoms with E-state index in [1.807, 2.05) is 6.92 Å². The topological polar surface area (TPSA) is 71.9 Å². The van der Waals surface area contributed by atoms with Gasteiger partial charge in [-0.2, -0.15) is 10.2 Å². The second kappa shape index (κ2) is 4.88. The van der Waals surface area contributed by atoms with Crippen LogP contribution in [0, 0.1) is 11.3 Å². The number of aromatic nitrogens is 2. The van der Waals surface area contributed by atoms with E-state index in [2.05, 4.69) is 16.2 Å². The Kier molecular flexibility index (Phi) is 3.29. The summed E-state index contributed by atoms with van der Waals surface area (Å²) in [4.78, 5) is 5.59. The number of hydrogen-bond acceptors (Lipinski definition) is 6. The third-order valence-corrected chi connectivity index (χ3v) is 2.81. The van der Waals surface area contributed by atoms with Crippen LogP contribution in [-0.4, -0.2) is 16.7 Å². The maximum absolute atomic E-state index is 8.69. The van der Waals surface area contributed by atoms with Gasteiger partial charge in [0, 0.05) is 6.61 Å². The molecule has 0 aliphatic heterocycles. The summed E-state index contributed by atoms with van der Waals surface area (Å²) in [6.07, 6.45) is 0. The van der Waals surface area contributed by atoms with Crippen LogP contribution in [0.3, 0.4) is 0 Å². The van der Waals surface area contributed by atoms with Crippen molar-refractivity contribution in [1.82, 2.24) is 10.1 Å². The van der Waals surface area contributed by atoms with Crippen LogP contribution < -0.4 is 0 Å². The van der Waals surface area contributed by atoms with Gasteiger partial charge in [0.15, 0.2) is 5.82 Å². The van der Waals surface area contributed by atoms with E-state index in [1.165, 1.54) is 11.3 Å². The van der Waals surface area contributed by atoms with Crippen molar-refractivity contribution in [2.24, 2.45) is 0 Å². The number of hydrogen-bond donors (Lipinski definition) is 0. The number of nitrogens with zero attached hydrogens (tertiary/aromatic N) is 3. The summed E-state index contributed by atoms with van der Waals surface area (Å²) in [6.45, 7) is 2.86. The van der Waals surface area contributed by atoms with E-state index in [1.54, 1.807) is 12.1 Å². The molecule has 0 bridgehead atoms. The van der Waals surface area contributed by atoms with E-state index in [0.29, 0.717) is 29.8 Å². The van der Waals surface area contributed by atoms with Gasteiger partial charge in [0.2, 0.25) is 0 Å². The molecular formula is C10H9N3O2S. The van der Waals surface area contributed by atoms with Gasteiger partial charge < -0.3 is 9.26 Å². The van der Waals surface area contributed by atoms with Crippen molar-refractivity contribution in [2.75, 3.05) is 6.61 Å². The molecule has 0 fully saturated rings. The Morgan fingerprint density at radius 1 is 1.56 bits per heavy atom. The second-order valence-electron chi connectivity index (χ2n) is 2.93. The number of ether oxygens (including phenoxy) is 1. The number of thiophene rings is 1. The maximum atomic E-state index is 8.69. The molecule has 0 aliphatic carbocycles. The summed E-state index contributed by atoms with van der Waals surface area (Å²) < 4.78 is 10.2. The highest BCUT2D eigenvalue weighted by Gasteiger charge is 2.11. The molecule has 0 unspecified atom stereocenters. The Morgan fingerprint density at radius 3 is 3.12 bits per heavy atom. The predicted molar refractivity (Wildman–Crippen MR) is 57.7 cm³/mol. The van der Waals surface area contributed by atoms with Crippen molar-refractivity contribution in [3.8, 4) is 16.8 Å². The first kappa shape index (κ1) is 10.8. The molecule has 0 aromatic carbocycles. The van der Waals surface area contributed by atoms with E-state index in [0.717, 1.165) is 4.88 Å². The Hall–Kier alpha value is -1.71. The van der Waals surface area contributed by atoms with Crippen LogP contribution in [0.2, 0.25) is 0 Å². The van der Waals surface area contributed by atoms with E-state index in [-0.39, 0.29) is 0 Å². The molecular weight excluding hydrogens is 226 g/mol. The molecule has 0 spiro atoms. The van der Waals surface area contributed by atoms with Gasteiger partial charge in [-0.3, -0.25) is 0 Å². The molecule has 0 amide bonds. The number of nitriles is 1. The van der Waals surface area contributed by atoms with E-state index >= 15 is 0 Å². The summed E-state index contributed by atoms with van der Waals surface area (Å²) in [5.41, 5.74) is 0. The van der Waals surface area contributed by atoms with E-state index in [4.69, 9.17) is 14.5 Å². The first-order valence-electron chi connectivity index (χ1n) is 4.74. The van der Waals surface area contributed by atoms with Crippen LogP contribution in [0.25, 0.3) is 10.8 Å². The van der Waals surface area contributed by atoms with Gasteiger partial charge in [-0.15, -0.1) is 11.3 Å². The molecule has 0 atom stereocenters. The monoisotopic (exact) mass is 235 g/mol. The first-order chi connectivity index (χ1) is 7.83. The number of rotatable bonds is 4. The normalized spacial score (nSPS) is 10.2. The van der Waals surface area contributed by atoms with Gasteiger partial charge >= 0.3 is 0 Å². The highest BCUT2D eigenvalue weighted by molar-refractivity contribution is 7.15. The van der Waals surface area contributed by atoms with Crippen molar-refractivity contribution in [2.45, 2.75) is 13.5 Å². The molecule has 0 saturated carbocycles. The highest BCUT2D eigenvalue weighted by atomic mass is 32.1. The van der Waals surface area contributed by atoms with E-state index in [9.17, 15) is 0 Å². The minimum atomic E-state index is 0.344. The predicted octanol–water partition coefficient (Wildman–Crippen LogP) is 2.21. The minimum Gasteiger partial charge on any atom is -0.374 e. The lowest BCUT2D eigenvalue weighted by atomic mass is 10.4. The van der Waals surface area contributed by atoms with Crippen LogP contribution in [-0.2, 0) is 11.3 Å². The first-order valence-corrected chi connectivity index (χ1v) is 5.55. The standard InChI is InChI=1S/C10H9N3O2S/c1-2-14-6-9-12-10(15-13-9)8-4-3-7(5-11)16-8/h3-4H,2,6H2,1H3. The van der Waals surface area contributed by atoms with Gasteiger partial charge in [-0.25, -0.2) is 0 Å². The van der Waals surface area contributed by atoms with Crippen molar-refractivity contribution in [1.29, 1.82) is 5.26 Å². The van der Waals surface area contributed by atoms with Crippen LogP contribution in [0.5, 0.6) is 0 Å². The third-order valence-electron chi connectivity index (χ3n) is 1.83. The smallest absolute Gasteiger partial charge is 0.268 e. The average molecular weight is 235 g/mol. The van der Waals surface area contributed by atoms with Gasteiger partial charge in [-0.05, 0) is 19.1 Å². The van der Waals surface area contributed by atoms with Crippen LogP contribution >= 0.6 is 11.3 Å². The fourth-order valence-corrected chi connectivity index (χ4v) is 1.84. The van der Waals surface area contributed by atoms with Crippen molar-refractivity contribution in [3.05, 3.63) is 22.8 Å². The molecule has 2 aromatic rings. The van der Waals surface area contributed by atoms with E-state index < -0.39 is 0 Å². The molecule has 2 rings (SSSR count). The summed E-state index contributed by atoms with van der Waals surface area (Å²) in [5.74, 6) is 0.949. The molecule has 0 saturated heterocycles. The van der Waals surface area contributed by atoms with Crippen LogP contribution in [0.15, 0.2) is 16.7 Å². The lowest BCUT2D eigenvalue weighted by Crippen LogP contribution is -1.93. The zero-order chi connectivity index (χ0) is 11.4. The maximum Gasteiger partial charge on any atom is 0.268 e. The second-order valence-corrected chi connectivity index (χ2v) is 4.01. The summed E-state index contributed by atoms with van der Waals surface area (Å²) in [5, 5.41) is 12.5. The Labute approximate surface area is 96.3 Å². The van der Waals surface area contributed by atoms with Crippen molar-refractivity contribution >= 4 is 11.3 Å². The molecule has 16 heavy (non-hydrogen) atoms. The third kappa shape index (κ3) is 2.27. The summed E-state index contributed by atoms with van der Waals surface area (Å²) in [6, 6.07) is 5.58. The highest BCUT2D eigenvalue weighted by Crippen LogP contribution is 2.26. The quantitative estimate of drug-likeness (QED) is 0.812. The van der Waals surface area contributed by atoms with Crippen LogP contribution in [0.4, 0.5) is 0 Å². The van der Waals surface area contributed by atoms with Gasteiger partial charge in [0.05, 0.1) is 4.88 Å². The van der Waals surface area contributed by atoms with Crippen molar-refractivity contribution in [3.63, 3.8) is 0 Å². The molecule has 2 aromatic heterocycles. The molecule has 0 N–H and O–H groups in total. The average Bonchev–Trinajstić information content (AvgIpc) is 2.94. The fraction of sp³-hybridized carbons (Fsp3) is 0.300. The van der Waals surface area contributed by atoms with Gasteiger partial charge in [0.25, 0.3) is 5.89 Å². The van der Waals surface area contributed by atoms with Crippen molar-refractivity contribution < 1.29 is 9.26 Å². The lowest BCUT2D eigenvalue weighted by molar-refractivity contribution is 0.126. The fourth-order valence-electron chi connectivity index (χ4n) is 1.12. The largest absolute Gasteiger partial charge is 0.374 e.